The van der Waals surface area contributed by atoms with Crippen molar-refractivity contribution in [1.29, 1.82) is 0 Å². The van der Waals surface area contributed by atoms with Crippen LogP contribution in [0.25, 0.3) is 0 Å². The summed E-state index contributed by atoms with van der Waals surface area (Å²) in [5.41, 5.74) is 6.43. The highest BCUT2D eigenvalue weighted by molar-refractivity contribution is 7.92. The van der Waals surface area contributed by atoms with E-state index in [-0.39, 0.29) is 17.7 Å². The highest BCUT2D eigenvalue weighted by atomic mass is 32.2. The van der Waals surface area contributed by atoms with E-state index in [4.69, 9.17) is 15.7 Å². The van der Waals surface area contributed by atoms with Crippen molar-refractivity contribution < 1.29 is 18.4 Å². The van der Waals surface area contributed by atoms with Crippen LogP contribution in [0.5, 0.6) is 0 Å². The Morgan fingerprint density at radius 2 is 2.33 bits per heavy atom. The summed E-state index contributed by atoms with van der Waals surface area (Å²) in [4.78, 5) is 0. The Morgan fingerprint density at radius 1 is 1.57 bits per heavy atom. The molecule has 1 unspecified atom stereocenters. The number of amidine groups is 1. The van der Waals surface area contributed by atoms with Gasteiger partial charge >= 0.3 is 0 Å². The molecule has 0 amide bonds. The Kier molecular flexibility index (Phi) is 4.69. The molecule has 0 radical (unpaired) electrons. The summed E-state index contributed by atoms with van der Waals surface area (Å²) in [5, 5.41) is 11.6. The van der Waals surface area contributed by atoms with Crippen molar-refractivity contribution in [1.82, 2.24) is 0 Å². The molecule has 2 rings (SSSR count). The first kappa shape index (κ1) is 15.6. The van der Waals surface area contributed by atoms with E-state index in [0.29, 0.717) is 17.9 Å². The fraction of sp³-hybridized carbons (Fsp3) is 0.462. The molecular formula is C13H19N3O4S. The van der Waals surface area contributed by atoms with Gasteiger partial charge in [-0.2, -0.15) is 0 Å². The molecule has 0 aromatic heterocycles. The second-order valence-electron chi connectivity index (χ2n) is 4.92. The molecule has 1 aliphatic heterocycles. The summed E-state index contributed by atoms with van der Waals surface area (Å²) in [6.07, 6.45) is 1.41. The van der Waals surface area contributed by atoms with Crippen LogP contribution in [0.2, 0.25) is 0 Å². The number of hydrogen-bond acceptors (Lipinski definition) is 5. The molecule has 1 fully saturated rings. The van der Waals surface area contributed by atoms with Crippen molar-refractivity contribution in [2.75, 3.05) is 23.7 Å². The minimum atomic E-state index is -3.48. The summed E-state index contributed by atoms with van der Waals surface area (Å²) in [6.45, 7) is 0.614. The van der Waals surface area contributed by atoms with Crippen molar-refractivity contribution in [3.63, 3.8) is 0 Å². The molecule has 1 atom stereocenters. The van der Waals surface area contributed by atoms with Gasteiger partial charge in [0.25, 0.3) is 0 Å². The first-order valence-electron chi connectivity index (χ1n) is 6.60. The number of benzene rings is 1. The van der Waals surface area contributed by atoms with E-state index in [1.807, 2.05) is 0 Å². The number of ether oxygens (including phenoxy) is 1. The Morgan fingerprint density at radius 3 is 2.95 bits per heavy atom. The van der Waals surface area contributed by atoms with Crippen molar-refractivity contribution >= 4 is 21.5 Å². The molecule has 1 aliphatic rings. The topological polar surface area (TPSA) is 105 Å². The minimum absolute atomic E-state index is 0.0443. The smallest absolute Gasteiger partial charge is 0.237 e. The highest BCUT2D eigenvalue weighted by Crippen LogP contribution is 2.21. The summed E-state index contributed by atoms with van der Waals surface area (Å²) < 4.78 is 31.3. The molecule has 21 heavy (non-hydrogen) atoms. The summed E-state index contributed by atoms with van der Waals surface area (Å²) in [6, 6.07) is 6.50. The van der Waals surface area contributed by atoms with Gasteiger partial charge in [0.15, 0.2) is 5.84 Å². The lowest BCUT2D eigenvalue weighted by atomic mass is 10.2. The van der Waals surface area contributed by atoms with Gasteiger partial charge in [-0.1, -0.05) is 17.3 Å². The van der Waals surface area contributed by atoms with Crippen LogP contribution in [0.15, 0.2) is 29.4 Å². The van der Waals surface area contributed by atoms with Crippen molar-refractivity contribution in [2.45, 2.75) is 18.9 Å². The van der Waals surface area contributed by atoms with Crippen LogP contribution >= 0.6 is 0 Å². The molecule has 0 saturated carbocycles. The third-order valence-corrected chi connectivity index (χ3v) is 5.29. The number of nitrogens with two attached hydrogens (primary N) is 1. The molecule has 1 heterocycles. The van der Waals surface area contributed by atoms with Gasteiger partial charge in [-0.15, -0.1) is 0 Å². The normalized spacial score (nSPS) is 19.7. The number of nitrogens with zero attached hydrogens (tertiary/aromatic N) is 2. The van der Waals surface area contributed by atoms with Crippen molar-refractivity contribution in [3.8, 4) is 0 Å². The van der Waals surface area contributed by atoms with E-state index >= 15 is 0 Å². The third-order valence-electron chi connectivity index (χ3n) is 3.45. The molecule has 0 bridgehead atoms. The largest absolute Gasteiger partial charge is 0.409 e. The van der Waals surface area contributed by atoms with Crippen LogP contribution in [0, 0.1) is 0 Å². The molecule has 3 N–H and O–H groups in total. The van der Waals surface area contributed by atoms with Crippen molar-refractivity contribution in [3.05, 3.63) is 29.8 Å². The molecule has 7 nitrogen and oxygen atoms in total. The zero-order valence-corrected chi connectivity index (χ0v) is 12.6. The van der Waals surface area contributed by atoms with Gasteiger partial charge in [0, 0.05) is 19.2 Å². The Labute approximate surface area is 124 Å². The maximum Gasteiger partial charge on any atom is 0.237 e. The fourth-order valence-corrected chi connectivity index (χ4v) is 3.59. The summed E-state index contributed by atoms with van der Waals surface area (Å²) in [7, 11) is -2.00. The summed E-state index contributed by atoms with van der Waals surface area (Å²) in [5.74, 6) is -0.112. The minimum Gasteiger partial charge on any atom is -0.409 e. The molecule has 0 spiro atoms. The van der Waals surface area contributed by atoms with Crippen molar-refractivity contribution in [2.24, 2.45) is 10.9 Å². The first-order chi connectivity index (χ1) is 9.94. The van der Waals surface area contributed by atoms with Gasteiger partial charge in [0.1, 0.15) is 0 Å². The first-order valence-corrected chi connectivity index (χ1v) is 8.21. The predicted octanol–water partition coefficient (Wildman–Crippen LogP) is 0.726. The average molecular weight is 313 g/mol. The van der Waals surface area contributed by atoms with Crippen LogP contribution in [-0.2, 0) is 14.8 Å². The van der Waals surface area contributed by atoms with Crippen LogP contribution in [-0.4, -0.2) is 45.0 Å². The summed E-state index contributed by atoms with van der Waals surface area (Å²) >= 11 is 0. The standard InChI is InChI=1S/C13H19N3O4S/c1-16(21(18,19)9-12-6-3-7-20-12)11-5-2-4-10(8-11)13(14)15-17/h2,4-5,8,12,17H,3,6-7,9H2,1H3,(H2,14,15). The van der Waals surface area contributed by atoms with E-state index in [2.05, 4.69) is 5.16 Å². The van der Waals surface area contributed by atoms with Crippen LogP contribution in [0.4, 0.5) is 5.69 Å². The van der Waals surface area contributed by atoms with E-state index in [1.165, 1.54) is 11.4 Å². The van der Waals surface area contributed by atoms with E-state index in [9.17, 15) is 8.42 Å². The Bertz CT molecular complexity index is 624. The van der Waals surface area contributed by atoms with Gasteiger partial charge in [0.2, 0.25) is 10.0 Å². The maximum atomic E-state index is 12.4. The lowest BCUT2D eigenvalue weighted by molar-refractivity contribution is 0.127. The third kappa shape index (κ3) is 3.64. The molecule has 1 aromatic rings. The molecule has 8 heteroatoms. The van der Waals surface area contributed by atoms with Crippen LogP contribution in [0.3, 0.4) is 0 Å². The number of sulfonamides is 1. The van der Waals surface area contributed by atoms with E-state index in [1.54, 1.807) is 24.3 Å². The van der Waals surface area contributed by atoms with Gasteiger partial charge < -0.3 is 15.7 Å². The second kappa shape index (κ2) is 6.31. The highest BCUT2D eigenvalue weighted by Gasteiger charge is 2.27. The zero-order valence-electron chi connectivity index (χ0n) is 11.8. The molecule has 1 saturated heterocycles. The molecule has 1 aromatic carbocycles. The van der Waals surface area contributed by atoms with Gasteiger partial charge in [0.05, 0.1) is 17.5 Å². The fourth-order valence-electron chi connectivity index (χ4n) is 2.20. The lowest BCUT2D eigenvalue weighted by Crippen LogP contribution is -2.34. The second-order valence-corrected chi connectivity index (χ2v) is 6.96. The number of anilines is 1. The number of hydrogen-bond donors (Lipinski definition) is 2. The van der Waals surface area contributed by atoms with Crippen LogP contribution < -0.4 is 10.0 Å². The predicted molar refractivity (Wildman–Crippen MR) is 80.1 cm³/mol. The monoisotopic (exact) mass is 313 g/mol. The maximum absolute atomic E-state index is 12.4. The van der Waals surface area contributed by atoms with Crippen LogP contribution in [0.1, 0.15) is 18.4 Å². The Balaban J connectivity index is 2.20. The Hall–Kier alpha value is -1.80. The van der Waals surface area contributed by atoms with Gasteiger partial charge in [-0.05, 0) is 25.0 Å². The van der Waals surface area contributed by atoms with Gasteiger partial charge in [-0.3, -0.25) is 4.31 Å². The SMILES string of the molecule is CN(c1cccc(C(N)=NO)c1)S(=O)(=O)CC1CCCO1. The van der Waals surface area contributed by atoms with E-state index < -0.39 is 10.0 Å². The molecule has 0 aliphatic carbocycles. The molecular weight excluding hydrogens is 294 g/mol. The number of oxime groups is 1. The number of rotatable bonds is 5. The average Bonchev–Trinajstić information content (AvgIpc) is 2.97. The van der Waals surface area contributed by atoms with E-state index in [0.717, 1.165) is 12.8 Å². The lowest BCUT2D eigenvalue weighted by Gasteiger charge is -2.21. The quantitative estimate of drug-likeness (QED) is 0.361. The van der Waals surface area contributed by atoms with Gasteiger partial charge in [-0.25, -0.2) is 8.42 Å². The zero-order chi connectivity index (χ0) is 15.5. The molecule has 116 valence electrons.